The van der Waals surface area contributed by atoms with Gasteiger partial charge in [0.25, 0.3) is 5.56 Å². The molecule has 0 radical (unpaired) electrons. The Morgan fingerprint density at radius 3 is 2.62 bits per heavy atom. The molecule has 0 spiro atoms. The van der Waals surface area contributed by atoms with Crippen LogP contribution >= 0.6 is 11.3 Å². The number of carbonyl (C=O) groups excluding carboxylic acids is 1. The zero-order valence-electron chi connectivity index (χ0n) is 17.1. The van der Waals surface area contributed by atoms with Gasteiger partial charge in [0.1, 0.15) is 17.1 Å². The number of hydrogen-bond acceptors (Lipinski definition) is 6. The van der Waals surface area contributed by atoms with Crippen LogP contribution in [-0.4, -0.2) is 33.7 Å². The highest BCUT2D eigenvalue weighted by Crippen LogP contribution is 2.41. The average molecular weight is 424 g/mol. The van der Waals surface area contributed by atoms with Gasteiger partial charge in [0, 0.05) is 6.04 Å². The van der Waals surface area contributed by atoms with E-state index in [9.17, 15) is 18.8 Å². The van der Waals surface area contributed by atoms with Crippen molar-refractivity contribution in [3.8, 4) is 0 Å². The minimum atomic E-state index is -0.714. The summed E-state index contributed by atoms with van der Waals surface area (Å²) in [4.78, 5) is 38.6. The van der Waals surface area contributed by atoms with Crippen molar-refractivity contribution < 1.29 is 13.9 Å². The molecule has 0 aromatic carbocycles. The quantitative estimate of drug-likeness (QED) is 0.590. The fraction of sp³-hybridized carbons (Fsp3) is 0.579. The Bertz CT molecular complexity index is 1090. The predicted molar refractivity (Wildman–Crippen MR) is 111 cm³/mol. The second-order valence-corrected chi connectivity index (χ2v) is 9.25. The number of hydrazone groups is 1. The molecule has 1 aliphatic rings. The first-order chi connectivity index (χ1) is 13.5. The average Bonchev–Trinajstić information content (AvgIpc) is 3.21. The lowest BCUT2D eigenvalue weighted by atomic mass is 10.2. The van der Waals surface area contributed by atoms with Crippen molar-refractivity contribution in [3.63, 3.8) is 0 Å². The molecule has 1 aliphatic carbocycles. The number of nitrogens with one attached hydrogen (secondary N) is 1. The minimum Gasteiger partial charge on any atom is -0.443 e. The summed E-state index contributed by atoms with van der Waals surface area (Å²) >= 11 is 1.17. The number of rotatable bonds is 5. The van der Waals surface area contributed by atoms with Crippen LogP contribution in [0.25, 0.3) is 10.2 Å². The number of ether oxygens (including phenoxy) is 1. The molecule has 29 heavy (non-hydrogen) atoms. The van der Waals surface area contributed by atoms with Crippen LogP contribution in [0.2, 0.25) is 0 Å². The highest BCUT2D eigenvalue weighted by atomic mass is 32.1. The van der Waals surface area contributed by atoms with Crippen LogP contribution in [-0.2, 0) is 11.3 Å². The normalized spacial score (nSPS) is 19.1. The first kappa shape index (κ1) is 21.2. The molecule has 2 atom stereocenters. The van der Waals surface area contributed by atoms with Crippen molar-refractivity contribution in [1.82, 2.24) is 14.6 Å². The second kappa shape index (κ2) is 7.74. The van der Waals surface area contributed by atoms with E-state index >= 15 is 0 Å². The van der Waals surface area contributed by atoms with Gasteiger partial charge in [0.2, 0.25) is 0 Å². The van der Waals surface area contributed by atoms with Crippen LogP contribution in [0.1, 0.15) is 50.6 Å². The van der Waals surface area contributed by atoms with E-state index in [4.69, 9.17) is 4.74 Å². The molecule has 0 bridgehead atoms. The summed E-state index contributed by atoms with van der Waals surface area (Å²) in [5.74, 6) is 0.245. The molecule has 0 saturated heterocycles. The Kier molecular flexibility index (Phi) is 5.66. The Morgan fingerprint density at radius 1 is 1.41 bits per heavy atom. The highest BCUT2D eigenvalue weighted by Gasteiger charge is 2.38. The van der Waals surface area contributed by atoms with Gasteiger partial charge in [-0.1, -0.05) is 6.92 Å². The Morgan fingerprint density at radius 2 is 2.07 bits per heavy atom. The van der Waals surface area contributed by atoms with Crippen molar-refractivity contribution in [2.24, 2.45) is 11.0 Å². The monoisotopic (exact) mass is 424 g/mol. The largest absolute Gasteiger partial charge is 0.443 e. The standard InChI is InChI=1S/C19H25FN4O4S/c1-10-8-12(10)24-15(25)14-11(2)13(9-21-22-17(26)28-19(3,4)5)29-16(14)23(7-6-20)18(24)27/h9-10,12H,6-8H2,1-5H3,(H,22,26)/t10-,12-/m0/s1. The van der Waals surface area contributed by atoms with Gasteiger partial charge in [-0.25, -0.2) is 19.4 Å². The Labute approximate surface area is 171 Å². The third-order valence-electron chi connectivity index (χ3n) is 4.72. The summed E-state index contributed by atoms with van der Waals surface area (Å²) in [6.07, 6.45) is 1.46. The summed E-state index contributed by atoms with van der Waals surface area (Å²) in [6, 6.07) is -0.143. The molecule has 1 N–H and O–H groups in total. The van der Waals surface area contributed by atoms with Crippen LogP contribution in [0, 0.1) is 12.8 Å². The van der Waals surface area contributed by atoms with Gasteiger partial charge < -0.3 is 4.74 Å². The van der Waals surface area contributed by atoms with E-state index in [0.29, 0.717) is 20.7 Å². The van der Waals surface area contributed by atoms with Gasteiger partial charge in [-0.05, 0) is 45.6 Å². The summed E-state index contributed by atoms with van der Waals surface area (Å²) in [7, 11) is 0. The van der Waals surface area contributed by atoms with Crippen molar-refractivity contribution in [2.45, 2.75) is 59.2 Å². The fourth-order valence-corrected chi connectivity index (χ4v) is 4.38. The maximum Gasteiger partial charge on any atom is 0.428 e. The molecule has 0 unspecified atom stereocenters. The number of thiophene rings is 1. The molecule has 158 valence electrons. The molecule has 10 heteroatoms. The first-order valence-corrected chi connectivity index (χ1v) is 10.2. The lowest BCUT2D eigenvalue weighted by Crippen LogP contribution is -2.40. The molecule has 1 saturated carbocycles. The zero-order valence-corrected chi connectivity index (χ0v) is 17.9. The predicted octanol–water partition coefficient (Wildman–Crippen LogP) is 2.94. The number of alkyl halides is 1. The third-order valence-corrected chi connectivity index (χ3v) is 5.97. The highest BCUT2D eigenvalue weighted by molar-refractivity contribution is 7.20. The van der Waals surface area contributed by atoms with Crippen molar-refractivity contribution in [2.75, 3.05) is 6.67 Å². The lowest BCUT2D eigenvalue weighted by molar-refractivity contribution is 0.0529. The van der Waals surface area contributed by atoms with Crippen molar-refractivity contribution in [3.05, 3.63) is 31.3 Å². The van der Waals surface area contributed by atoms with Gasteiger partial charge in [0.15, 0.2) is 0 Å². The number of aryl methyl sites for hydroxylation is 2. The number of fused-ring (bicyclic) bond motifs is 1. The SMILES string of the molecule is Cc1c(C=NNC(=O)OC(C)(C)C)sc2c1c(=O)n([C@H]1C[C@@H]1C)c(=O)n2CCF. The van der Waals surface area contributed by atoms with E-state index < -0.39 is 24.1 Å². The van der Waals surface area contributed by atoms with E-state index in [1.165, 1.54) is 26.7 Å². The molecule has 2 aromatic heterocycles. The van der Waals surface area contributed by atoms with Crippen LogP contribution in [0.3, 0.4) is 0 Å². The lowest BCUT2D eigenvalue weighted by Gasteiger charge is -2.18. The number of nitrogens with zero attached hydrogens (tertiary/aromatic N) is 3. The minimum absolute atomic E-state index is 0.122. The van der Waals surface area contributed by atoms with E-state index in [-0.39, 0.29) is 24.1 Å². The Hall–Kier alpha value is -2.49. The molecule has 2 heterocycles. The van der Waals surface area contributed by atoms with E-state index in [2.05, 4.69) is 10.5 Å². The van der Waals surface area contributed by atoms with Crippen LogP contribution in [0.4, 0.5) is 9.18 Å². The zero-order chi connectivity index (χ0) is 21.5. The van der Waals surface area contributed by atoms with Crippen LogP contribution < -0.4 is 16.7 Å². The fourth-order valence-electron chi connectivity index (χ4n) is 3.19. The number of halogens is 1. The second-order valence-electron chi connectivity index (χ2n) is 8.22. The molecular weight excluding hydrogens is 399 g/mol. The van der Waals surface area contributed by atoms with E-state index in [1.54, 1.807) is 27.7 Å². The van der Waals surface area contributed by atoms with Gasteiger partial charge in [-0.2, -0.15) is 5.10 Å². The maximum atomic E-state index is 13.1. The Balaban J connectivity index is 2.02. The molecule has 1 fully saturated rings. The van der Waals surface area contributed by atoms with E-state index in [1.807, 2.05) is 6.92 Å². The summed E-state index contributed by atoms with van der Waals surface area (Å²) in [6.45, 7) is 8.10. The van der Waals surface area contributed by atoms with E-state index in [0.717, 1.165) is 6.42 Å². The molecule has 3 rings (SSSR count). The van der Waals surface area contributed by atoms with Gasteiger partial charge in [0.05, 0.1) is 23.0 Å². The molecule has 0 aliphatic heterocycles. The molecule has 2 aromatic rings. The summed E-state index contributed by atoms with van der Waals surface area (Å²) < 4.78 is 20.8. The molecule has 1 amide bonds. The summed E-state index contributed by atoms with van der Waals surface area (Å²) in [5, 5.41) is 4.27. The van der Waals surface area contributed by atoms with Crippen LogP contribution in [0.15, 0.2) is 14.7 Å². The smallest absolute Gasteiger partial charge is 0.428 e. The van der Waals surface area contributed by atoms with Gasteiger partial charge in [-0.3, -0.25) is 13.9 Å². The van der Waals surface area contributed by atoms with Crippen molar-refractivity contribution in [1.29, 1.82) is 0 Å². The number of aromatic nitrogens is 2. The van der Waals surface area contributed by atoms with Crippen molar-refractivity contribution >= 4 is 33.9 Å². The number of carbonyl (C=O) groups is 1. The summed E-state index contributed by atoms with van der Waals surface area (Å²) in [5.41, 5.74) is 1.42. The van der Waals surface area contributed by atoms with Gasteiger partial charge in [-0.15, -0.1) is 11.3 Å². The number of hydrogen-bond donors (Lipinski definition) is 1. The van der Waals surface area contributed by atoms with Crippen LogP contribution in [0.5, 0.6) is 0 Å². The topological polar surface area (TPSA) is 94.7 Å². The number of amides is 1. The first-order valence-electron chi connectivity index (χ1n) is 9.41. The van der Waals surface area contributed by atoms with Gasteiger partial charge >= 0.3 is 11.8 Å². The molecule has 8 nitrogen and oxygen atoms in total. The third kappa shape index (κ3) is 4.26. The maximum absolute atomic E-state index is 13.1. The molecular formula is C19H25FN4O4S.